The molecule has 3 aliphatic heterocycles. The molecule has 3 amide bonds. The van der Waals surface area contributed by atoms with Gasteiger partial charge in [0.15, 0.2) is 16.6 Å². The van der Waals surface area contributed by atoms with Crippen molar-refractivity contribution in [1.29, 1.82) is 5.26 Å². The number of nitriles is 1. The van der Waals surface area contributed by atoms with E-state index in [0.717, 1.165) is 49.0 Å². The molecule has 16 heteroatoms. The first-order valence-corrected chi connectivity index (χ1v) is 19.7. The number of ketones is 1. The first-order chi connectivity index (χ1) is 27.5. The number of Topliss-reactive ketones (excluding diaryl/α,β-unsaturated/α-hetero) is 1. The third-order valence-corrected chi connectivity index (χ3v) is 11.4. The van der Waals surface area contributed by atoms with Gasteiger partial charge in [0.2, 0.25) is 11.8 Å². The molecule has 0 radical (unpaired) electrons. The molecule has 58 heavy (non-hydrogen) atoms. The second-order valence-corrected chi connectivity index (χ2v) is 15.9. The molecule has 1 atom stereocenters. The monoisotopic (exact) mass is 820 g/mol. The third kappa shape index (κ3) is 9.37. The Bertz CT molecular complexity index is 2160. The average Bonchev–Trinajstić information content (AvgIpc) is 3.34. The van der Waals surface area contributed by atoms with Crippen LogP contribution >= 0.6 is 12.2 Å². The number of pyridine rings is 1. The molecule has 3 fully saturated rings. The lowest BCUT2D eigenvalue weighted by atomic mass is 9.90. The summed E-state index contributed by atoms with van der Waals surface area (Å²) >= 11 is 5.68. The molecule has 3 aromatic rings. The first-order valence-electron chi connectivity index (χ1n) is 19.3. The van der Waals surface area contributed by atoms with Gasteiger partial charge in [0.05, 0.1) is 30.6 Å². The number of aryl methyl sites for hydroxylation is 1. The number of anilines is 2. The standard InChI is InChI=1S/C42H44F4N6O5S/c1-4-28-20-31(52-40(58)51(39(56)41(52,2)3)32-21-34(42(44,45)46)35(22-47)48-23-32)6-7-36(28)57-14-11-25-9-12-50(13-10-25)24-33(53)19-27-15-26(17-30(43)18-27)16-29-5-8-37(54)49-38(29)55/h6-7,15,17-18,20-21,23,25,29H,4-5,8-14,16,19,24H2,1-3H3,(H,49,54,55). The molecule has 306 valence electrons. The van der Waals surface area contributed by atoms with Crippen molar-refractivity contribution in [3.05, 3.63) is 82.4 Å². The van der Waals surface area contributed by atoms with Crippen LogP contribution in [0.15, 0.2) is 48.7 Å². The van der Waals surface area contributed by atoms with Crippen molar-refractivity contribution in [3.8, 4) is 11.8 Å². The zero-order valence-corrected chi connectivity index (χ0v) is 33.3. The number of imide groups is 1. The summed E-state index contributed by atoms with van der Waals surface area (Å²) in [6.07, 6.45) is 0.390. The fraction of sp³-hybridized carbons (Fsp3) is 0.452. The molecule has 2 aromatic carbocycles. The van der Waals surface area contributed by atoms with E-state index in [4.69, 9.17) is 22.2 Å². The Hall–Kier alpha value is -5.27. The van der Waals surface area contributed by atoms with E-state index in [9.17, 15) is 36.7 Å². The van der Waals surface area contributed by atoms with E-state index in [0.29, 0.717) is 60.4 Å². The molecule has 0 spiro atoms. The number of hydrogen-bond acceptors (Lipinski definition) is 9. The average molecular weight is 821 g/mol. The maximum Gasteiger partial charge on any atom is 0.419 e. The van der Waals surface area contributed by atoms with Crippen molar-refractivity contribution in [3.63, 3.8) is 0 Å². The Morgan fingerprint density at radius 3 is 2.45 bits per heavy atom. The van der Waals surface area contributed by atoms with Crippen molar-refractivity contribution in [2.24, 2.45) is 11.8 Å². The zero-order chi connectivity index (χ0) is 41.9. The van der Waals surface area contributed by atoms with E-state index in [1.807, 2.05) is 13.0 Å². The van der Waals surface area contributed by atoms with Crippen LogP contribution in [0.1, 0.15) is 80.8 Å². The van der Waals surface area contributed by atoms with Crippen molar-refractivity contribution >= 4 is 52.2 Å². The fourth-order valence-electron chi connectivity index (χ4n) is 7.92. The highest BCUT2D eigenvalue weighted by atomic mass is 32.1. The van der Waals surface area contributed by atoms with Gasteiger partial charge in [-0.2, -0.15) is 18.4 Å². The summed E-state index contributed by atoms with van der Waals surface area (Å²) in [4.78, 5) is 58.7. The van der Waals surface area contributed by atoms with Gasteiger partial charge in [-0.15, -0.1) is 0 Å². The second-order valence-electron chi connectivity index (χ2n) is 15.6. The molecule has 1 N–H and O–H groups in total. The minimum Gasteiger partial charge on any atom is -0.493 e. The number of benzene rings is 2. The SMILES string of the molecule is CCc1cc(N2C(=S)N(c3cnc(C#N)c(C(F)(F)F)c3)C(=O)C2(C)C)ccc1OCCC1CCN(CC(=O)Cc2cc(F)cc(CC3CCC(=O)NC3=O)c2)CC1. The van der Waals surface area contributed by atoms with Gasteiger partial charge in [-0.3, -0.25) is 34.3 Å². The summed E-state index contributed by atoms with van der Waals surface area (Å²) in [6, 6.07) is 12.1. The molecular formula is C42H44F4N6O5S. The normalized spacial score (nSPS) is 19.0. The fourth-order valence-corrected chi connectivity index (χ4v) is 8.44. The molecule has 4 heterocycles. The van der Waals surface area contributed by atoms with Gasteiger partial charge in [0, 0.05) is 24.4 Å². The van der Waals surface area contributed by atoms with E-state index in [-0.39, 0.29) is 47.8 Å². The predicted molar refractivity (Wildman–Crippen MR) is 210 cm³/mol. The van der Waals surface area contributed by atoms with Crippen LogP contribution in [0.5, 0.6) is 5.75 Å². The number of ether oxygens (including phenoxy) is 1. The summed E-state index contributed by atoms with van der Waals surface area (Å²) in [5, 5.41) is 11.5. The van der Waals surface area contributed by atoms with Crippen LogP contribution in [0.25, 0.3) is 0 Å². The van der Waals surface area contributed by atoms with Gasteiger partial charge in [-0.1, -0.05) is 13.0 Å². The number of halogens is 4. The van der Waals surface area contributed by atoms with Crippen LogP contribution in [0.2, 0.25) is 0 Å². The van der Waals surface area contributed by atoms with E-state index < -0.39 is 40.6 Å². The number of hydrogen-bond donors (Lipinski definition) is 1. The number of rotatable bonds is 13. The van der Waals surface area contributed by atoms with Crippen molar-refractivity contribution in [2.75, 3.05) is 36.0 Å². The molecule has 0 bridgehead atoms. The maximum absolute atomic E-state index is 14.5. The van der Waals surface area contributed by atoms with Crippen LogP contribution in [0.4, 0.5) is 28.9 Å². The van der Waals surface area contributed by atoms with Crippen LogP contribution in [0.3, 0.4) is 0 Å². The Morgan fingerprint density at radius 2 is 1.78 bits per heavy atom. The lowest BCUT2D eigenvalue weighted by Crippen LogP contribution is -2.44. The molecule has 3 aliphatic rings. The van der Waals surface area contributed by atoms with Gasteiger partial charge in [-0.05, 0) is 137 Å². The lowest BCUT2D eigenvalue weighted by molar-refractivity contribution is -0.138. The number of likely N-dealkylation sites (tertiary alicyclic amines) is 1. The van der Waals surface area contributed by atoms with Crippen molar-refractivity contribution in [2.45, 2.75) is 83.9 Å². The predicted octanol–water partition coefficient (Wildman–Crippen LogP) is 6.48. The largest absolute Gasteiger partial charge is 0.493 e. The van der Waals surface area contributed by atoms with Crippen LogP contribution in [-0.4, -0.2) is 70.3 Å². The molecule has 1 unspecified atom stereocenters. The van der Waals surface area contributed by atoms with E-state index in [2.05, 4.69) is 15.2 Å². The number of nitrogens with one attached hydrogen (secondary N) is 1. The summed E-state index contributed by atoms with van der Waals surface area (Å²) in [5.74, 6) is -1.04. The second kappa shape index (κ2) is 17.3. The van der Waals surface area contributed by atoms with Gasteiger partial charge in [-0.25, -0.2) is 9.37 Å². The van der Waals surface area contributed by atoms with Crippen molar-refractivity contribution in [1.82, 2.24) is 15.2 Å². The molecule has 1 aromatic heterocycles. The van der Waals surface area contributed by atoms with Crippen LogP contribution in [-0.2, 0) is 44.6 Å². The highest BCUT2D eigenvalue weighted by molar-refractivity contribution is 7.81. The number of carbonyl (C=O) groups is 4. The Morgan fingerprint density at radius 1 is 1.05 bits per heavy atom. The third-order valence-electron chi connectivity index (χ3n) is 11.0. The minimum absolute atomic E-state index is 0.0214. The Labute approximate surface area is 339 Å². The minimum atomic E-state index is -4.86. The number of piperidine rings is 2. The summed E-state index contributed by atoms with van der Waals surface area (Å²) in [6.45, 7) is 7.43. The number of alkyl halides is 3. The van der Waals surface area contributed by atoms with Crippen LogP contribution in [0, 0.1) is 29.0 Å². The van der Waals surface area contributed by atoms with Gasteiger partial charge < -0.3 is 9.64 Å². The number of amides is 3. The number of nitrogens with zero attached hydrogens (tertiary/aromatic N) is 5. The molecule has 0 saturated carbocycles. The van der Waals surface area contributed by atoms with Gasteiger partial charge >= 0.3 is 6.18 Å². The number of thiocarbonyl (C=S) groups is 1. The maximum atomic E-state index is 14.5. The summed E-state index contributed by atoms with van der Waals surface area (Å²) in [7, 11) is 0. The smallest absolute Gasteiger partial charge is 0.419 e. The molecule has 11 nitrogen and oxygen atoms in total. The molecule has 0 aliphatic carbocycles. The highest BCUT2D eigenvalue weighted by Crippen LogP contribution is 2.40. The van der Waals surface area contributed by atoms with E-state index in [1.54, 1.807) is 36.9 Å². The zero-order valence-electron chi connectivity index (χ0n) is 32.5. The van der Waals surface area contributed by atoms with E-state index in [1.165, 1.54) is 18.2 Å². The lowest BCUT2D eigenvalue weighted by Gasteiger charge is -2.31. The molecule has 3 saturated heterocycles. The number of carbonyl (C=O) groups excluding carboxylic acids is 4. The highest BCUT2D eigenvalue weighted by Gasteiger charge is 2.51. The van der Waals surface area contributed by atoms with Gasteiger partial charge in [0.25, 0.3) is 5.91 Å². The van der Waals surface area contributed by atoms with Crippen LogP contribution < -0.4 is 19.9 Å². The Kier molecular flexibility index (Phi) is 12.6. The quantitative estimate of drug-likeness (QED) is 0.116. The van der Waals surface area contributed by atoms with E-state index >= 15 is 0 Å². The Balaban J connectivity index is 1.00. The van der Waals surface area contributed by atoms with Gasteiger partial charge in [0.1, 0.15) is 23.2 Å². The first kappa shape index (κ1) is 42.3. The van der Waals surface area contributed by atoms with Crippen molar-refractivity contribution < 1.29 is 41.5 Å². The summed E-state index contributed by atoms with van der Waals surface area (Å²) < 4.78 is 61.9. The molecule has 6 rings (SSSR count). The topological polar surface area (TPSA) is 136 Å². The summed E-state index contributed by atoms with van der Waals surface area (Å²) in [5.41, 5.74) is -0.885. The number of aromatic nitrogens is 1. The molecular weight excluding hydrogens is 777 g/mol.